The van der Waals surface area contributed by atoms with Crippen LogP contribution in [0.5, 0.6) is 0 Å². The minimum Gasteiger partial charge on any atom is -0.441 e. The van der Waals surface area contributed by atoms with E-state index < -0.39 is 5.60 Å². The molecule has 2 amide bonds. The Bertz CT molecular complexity index is 657. The average Bonchev–Trinajstić information content (AvgIpc) is 3.17. The van der Waals surface area contributed by atoms with E-state index in [1.165, 1.54) is 0 Å². The summed E-state index contributed by atoms with van der Waals surface area (Å²) in [5.74, 6) is 0.690. The maximum atomic E-state index is 12.4. The van der Waals surface area contributed by atoms with Crippen molar-refractivity contribution in [3.63, 3.8) is 0 Å². The second kappa shape index (κ2) is 7.82. The molecule has 0 aromatic carbocycles. The van der Waals surface area contributed by atoms with Crippen LogP contribution >= 0.6 is 11.6 Å². The number of piperidine rings is 1. The Morgan fingerprint density at radius 1 is 1.42 bits per heavy atom. The summed E-state index contributed by atoms with van der Waals surface area (Å²) in [4.78, 5) is 32.3. The summed E-state index contributed by atoms with van der Waals surface area (Å²) in [5.41, 5.74) is -0.436. The second-order valence-electron chi connectivity index (χ2n) is 7.25. The summed E-state index contributed by atoms with van der Waals surface area (Å²) in [5, 5.41) is 6.62. The zero-order chi connectivity index (χ0) is 18.7. The molecule has 1 atom stereocenters. The highest BCUT2D eigenvalue weighted by Crippen LogP contribution is 2.34. The van der Waals surface area contributed by atoms with Gasteiger partial charge < -0.3 is 14.5 Å². The third kappa shape index (κ3) is 4.11. The lowest BCUT2D eigenvalue weighted by Gasteiger charge is -2.37. The van der Waals surface area contributed by atoms with Crippen molar-refractivity contribution >= 4 is 23.6 Å². The second-order valence-corrected chi connectivity index (χ2v) is 7.59. The number of ether oxygens (including phenoxy) is 1. The van der Waals surface area contributed by atoms with Crippen molar-refractivity contribution in [2.75, 3.05) is 19.6 Å². The van der Waals surface area contributed by atoms with Gasteiger partial charge in [-0.2, -0.15) is 0 Å². The maximum Gasteiger partial charge on any atom is 0.410 e. The first kappa shape index (κ1) is 18.9. The molecule has 0 bridgehead atoms. The molecular formula is C17H26ClN5O3. The summed E-state index contributed by atoms with van der Waals surface area (Å²) in [7, 11) is 0. The van der Waals surface area contributed by atoms with Crippen LogP contribution in [0.2, 0.25) is 5.28 Å². The van der Waals surface area contributed by atoms with Gasteiger partial charge in [0.2, 0.25) is 11.2 Å². The van der Waals surface area contributed by atoms with Gasteiger partial charge in [0.1, 0.15) is 11.4 Å². The van der Waals surface area contributed by atoms with Gasteiger partial charge in [-0.15, -0.1) is 5.10 Å². The molecule has 3 heterocycles. The molecule has 2 aliphatic rings. The Kier molecular flexibility index (Phi) is 5.70. The Hall–Kier alpha value is -1.83. The lowest BCUT2D eigenvalue weighted by atomic mass is 9.90. The maximum absolute atomic E-state index is 12.4. The quantitative estimate of drug-likeness (QED) is 0.814. The van der Waals surface area contributed by atoms with E-state index in [-0.39, 0.29) is 23.3 Å². The average molecular weight is 384 g/mol. The van der Waals surface area contributed by atoms with Crippen LogP contribution in [0.25, 0.3) is 0 Å². The van der Waals surface area contributed by atoms with Gasteiger partial charge in [0.25, 0.3) is 0 Å². The summed E-state index contributed by atoms with van der Waals surface area (Å²) < 4.78 is 5.74. The fourth-order valence-corrected chi connectivity index (χ4v) is 3.90. The number of carbonyl (C=O) groups excluding carboxylic acids is 2. The molecule has 1 spiro atoms. The summed E-state index contributed by atoms with van der Waals surface area (Å²) >= 11 is 5.66. The van der Waals surface area contributed by atoms with Gasteiger partial charge >= 0.3 is 6.09 Å². The highest BCUT2D eigenvalue weighted by molar-refractivity contribution is 6.28. The topological polar surface area (TPSA) is 91.4 Å². The number of aryl methyl sites for hydroxylation is 1. The van der Waals surface area contributed by atoms with Crippen LogP contribution in [0.1, 0.15) is 51.8 Å². The van der Waals surface area contributed by atoms with E-state index in [2.05, 4.69) is 29.0 Å². The van der Waals surface area contributed by atoms with Crippen LogP contribution in [-0.4, -0.2) is 68.3 Å². The van der Waals surface area contributed by atoms with E-state index >= 15 is 0 Å². The van der Waals surface area contributed by atoms with Crippen molar-refractivity contribution in [2.24, 2.45) is 0 Å². The SMILES string of the molecule is CCCC(C)N1CC2(CCN(C(=O)CCc3nc(Cl)n[nH]3)CC2)OC1=O. The highest BCUT2D eigenvalue weighted by Gasteiger charge is 2.48. The smallest absolute Gasteiger partial charge is 0.410 e. The minimum atomic E-state index is -0.436. The summed E-state index contributed by atoms with van der Waals surface area (Å²) in [6.07, 6.45) is 4.02. The number of H-pyrrole nitrogens is 1. The van der Waals surface area contributed by atoms with E-state index in [9.17, 15) is 9.59 Å². The van der Waals surface area contributed by atoms with E-state index in [1.807, 2.05) is 9.80 Å². The molecule has 9 heteroatoms. The molecule has 26 heavy (non-hydrogen) atoms. The van der Waals surface area contributed by atoms with Gasteiger partial charge in [-0.25, -0.2) is 9.78 Å². The van der Waals surface area contributed by atoms with Crippen LogP contribution < -0.4 is 0 Å². The molecule has 1 N–H and O–H groups in total. The molecule has 0 saturated carbocycles. The molecule has 2 aliphatic heterocycles. The summed E-state index contributed by atoms with van der Waals surface area (Å²) in [6, 6.07) is 0.195. The Balaban J connectivity index is 1.49. The molecule has 144 valence electrons. The van der Waals surface area contributed by atoms with Gasteiger partial charge in [-0.05, 0) is 24.9 Å². The van der Waals surface area contributed by atoms with Crippen LogP contribution in [0.3, 0.4) is 0 Å². The van der Waals surface area contributed by atoms with Gasteiger partial charge in [0.15, 0.2) is 0 Å². The standard InChI is InChI=1S/C17H26ClN5O3/c1-3-4-12(2)23-11-17(26-16(23)25)7-9-22(10-8-17)14(24)6-5-13-19-15(18)21-20-13/h12H,3-11H2,1-2H3,(H,19,20,21). The van der Waals surface area contributed by atoms with E-state index in [4.69, 9.17) is 16.3 Å². The summed E-state index contributed by atoms with van der Waals surface area (Å²) in [6.45, 7) is 6.03. The van der Waals surface area contributed by atoms with Crippen LogP contribution in [-0.2, 0) is 16.0 Å². The molecule has 1 unspecified atom stereocenters. The normalized spacial score (nSPS) is 20.5. The third-order valence-electron chi connectivity index (χ3n) is 5.34. The fraction of sp³-hybridized carbons (Fsp3) is 0.765. The number of hydrogen-bond donors (Lipinski definition) is 1. The van der Waals surface area contributed by atoms with E-state index in [0.717, 1.165) is 12.8 Å². The number of amides is 2. The Labute approximate surface area is 158 Å². The molecule has 1 aromatic rings. The first-order valence-corrected chi connectivity index (χ1v) is 9.64. The van der Waals surface area contributed by atoms with Gasteiger partial charge in [-0.3, -0.25) is 9.89 Å². The molecule has 1 aromatic heterocycles. The lowest BCUT2D eigenvalue weighted by Crippen LogP contribution is -2.49. The van der Waals surface area contributed by atoms with Crippen LogP contribution in [0, 0.1) is 0 Å². The monoisotopic (exact) mass is 383 g/mol. The van der Waals surface area contributed by atoms with Crippen LogP contribution in [0.15, 0.2) is 0 Å². The zero-order valence-electron chi connectivity index (χ0n) is 15.3. The number of halogens is 1. The van der Waals surface area contributed by atoms with Crippen molar-refractivity contribution in [3.05, 3.63) is 11.1 Å². The number of likely N-dealkylation sites (tertiary alicyclic amines) is 1. The largest absolute Gasteiger partial charge is 0.441 e. The van der Waals surface area contributed by atoms with Gasteiger partial charge in [0, 0.05) is 44.8 Å². The van der Waals surface area contributed by atoms with Crippen molar-refractivity contribution in [2.45, 2.75) is 64.0 Å². The van der Waals surface area contributed by atoms with Crippen LogP contribution in [0.4, 0.5) is 4.79 Å². The fourth-order valence-electron chi connectivity index (χ4n) is 3.75. The minimum absolute atomic E-state index is 0.0768. The molecule has 8 nitrogen and oxygen atoms in total. The number of rotatable bonds is 6. The number of aromatic amines is 1. The number of nitrogens with zero attached hydrogens (tertiary/aromatic N) is 4. The molecular weight excluding hydrogens is 358 g/mol. The molecule has 0 aliphatic carbocycles. The Morgan fingerprint density at radius 2 is 2.15 bits per heavy atom. The third-order valence-corrected chi connectivity index (χ3v) is 5.51. The number of carbonyl (C=O) groups is 2. The first-order valence-electron chi connectivity index (χ1n) is 9.26. The van der Waals surface area contributed by atoms with Crippen molar-refractivity contribution in [3.8, 4) is 0 Å². The highest BCUT2D eigenvalue weighted by atomic mass is 35.5. The Morgan fingerprint density at radius 3 is 2.77 bits per heavy atom. The predicted molar refractivity (Wildman–Crippen MR) is 95.8 cm³/mol. The lowest BCUT2D eigenvalue weighted by molar-refractivity contribution is -0.134. The van der Waals surface area contributed by atoms with Crippen molar-refractivity contribution < 1.29 is 14.3 Å². The van der Waals surface area contributed by atoms with Gasteiger partial charge in [0.05, 0.1) is 6.54 Å². The zero-order valence-corrected chi connectivity index (χ0v) is 16.1. The molecule has 0 radical (unpaired) electrons. The number of nitrogens with one attached hydrogen (secondary N) is 1. The number of hydrogen-bond acceptors (Lipinski definition) is 5. The molecule has 2 fully saturated rings. The first-order chi connectivity index (χ1) is 12.4. The predicted octanol–water partition coefficient (Wildman–Crippen LogP) is 2.39. The molecule has 2 saturated heterocycles. The van der Waals surface area contributed by atoms with Crippen molar-refractivity contribution in [1.82, 2.24) is 25.0 Å². The molecule has 3 rings (SSSR count). The number of aromatic nitrogens is 3. The van der Waals surface area contributed by atoms with Crippen molar-refractivity contribution in [1.29, 1.82) is 0 Å². The van der Waals surface area contributed by atoms with E-state index in [1.54, 1.807) is 0 Å². The van der Waals surface area contributed by atoms with E-state index in [0.29, 0.717) is 51.1 Å². The van der Waals surface area contributed by atoms with Gasteiger partial charge in [-0.1, -0.05) is 13.3 Å².